The number of anilines is 2. The molecule has 0 fully saturated rings. The third-order valence-electron chi connectivity index (χ3n) is 4.47. The van der Waals surface area contributed by atoms with Crippen molar-refractivity contribution >= 4 is 17.3 Å². The Morgan fingerprint density at radius 1 is 1.22 bits per heavy atom. The number of fused-ring (bicyclic) bond motifs is 1. The van der Waals surface area contributed by atoms with Crippen LogP contribution in [0.1, 0.15) is 39.5 Å². The van der Waals surface area contributed by atoms with E-state index in [1.165, 1.54) is 20.1 Å². The van der Waals surface area contributed by atoms with Crippen molar-refractivity contribution < 1.29 is 22.7 Å². The molecule has 7 heteroatoms. The summed E-state index contributed by atoms with van der Waals surface area (Å²) in [4.78, 5) is 11.8. The maximum Gasteiger partial charge on any atom is 0.416 e. The maximum absolute atomic E-state index is 13.2. The van der Waals surface area contributed by atoms with Crippen molar-refractivity contribution in [3.63, 3.8) is 0 Å². The number of hydrogen-bond donors (Lipinski definition) is 2. The molecule has 0 aromatic heterocycles. The molecule has 2 aromatic carbocycles. The lowest BCUT2D eigenvalue weighted by molar-refractivity contribution is -0.138. The van der Waals surface area contributed by atoms with E-state index in [-0.39, 0.29) is 11.6 Å². The number of aryl methyl sites for hydroxylation is 1. The molecule has 0 bridgehead atoms. The third-order valence-corrected chi connectivity index (χ3v) is 4.47. The number of carbonyl (C=O) groups is 1. The van der Waals surface area contributed by atoms with Gasteiger partial charge in [0.2, 0.25) is 0 Å². The zero-order chi connectivity index (χ0) is 19.8. The highest BCUT2D eigenvalue weighted by atomic mass is 19.4. The molecule has 0 spiro atoms. The fourth-order valence-corrected chi connectivity index (χ4v) is 3.16. The Morgan fingerprint density at radius 2 is 1.96 bits per heavy atom. The van der Waals surface area contributed by atoms with Crippen molar-refractivity contribution in [3.8, 4) is 0 Å². The normalized spacial score (nSPS) is 16.6. The minimum absolute atomic E-state index is 0.130. The number of rotatable bonds is 2. The molecule has 0 radical (unpaired) electrons. The van der Waals surface area contributed by atoms with Crippen molar-refractivity contribution in [2.24, 2.45) is 0 Å². The molecule has 0 aliphatic carbocycles. The average Bonchev–Trinajstić information content (AvgIpc) is 2.77. The minimum atomic E-state index is -4.43. The van der Waals surface area contributed by atoms with E-state index in [2.05, 4.69) is 17.2 Å². The molecule has 2 aromatic rings. The van der Waals surface area contributed by atoms with Gasteiger partial charge in [-0.15, -0.1) is 0 Å². The first-order valence-electron chi connectivity index (χ1n) is 8.30. The molecule has 1 aliphatic heterocycles. The topological polar surface area (TPSA) is 50.4 Å². The molecule has 2 N–H and O–H groups in total. The second kappa shape index (κ2) is 6.98. The summed E-state index contributed by atoms with van der Waals surface area (Å²) >= 11 is 0. The average molecular weight is 376 g/mol. The van der Waals surface area contributed by atoms with Crippen molar-refractivity contribution in [2.75, 3.05) is 17.7 Å². The summed E-state index contributed by atoms with van der Waals surface area (Å²) in [6.45, 7) is 5.34. The highest BCUT2D eigenvalue weighted by Crippen LogP contribution is 2.40. The van der Waals surface area contributed by atoms with Crippen LogP contribution in [-0.2, 0) is 10.9 Å². The van der Waals surface area contributed by atoms with Gasteiger partial charge in [0.05, 0.1) is 35.7 Å². The van der Waals surface area contributed by atoms with Gasteiger partial charge in [-0.1, -0.05) is 18.7 Å². The molecule has 1 heterocycles. The summed E-state index contributed by atoms with van der Waals surface area (Å²) in [7, 11) is 1.31. The monoisotopic (exact) mass is 376 g/mol. The minimum Gasteiger partial charge on any atom is -0.465 e. The van der Waals surface area contributed by atoms with E-state index in [1.807, 2.05) is 6.07 Å². The van der Waals surface area contributed by atoms with Crippen molar-refractivity contribution in [1.82, 2.24) is 0 Å². The standard InChI is InChI=1S/C20H19F3N2O2/c1-11-7-17-18(10-15(11)20(21,22)23)24-12(2)8-16(25-17)13-5-4-6-14(9-13)19(26)27-3/h4-7,9-10,16,24-25H,2,8H2,1,3H3. The largest absolute Gasteiger partial charge is 0.465 e. The molecular weight excluding hydrogens is 357 g/mol. The van der Waals surface area contributed by atoms with Crippen LogP contribution >= 0.6 is 0 Å². The van der Waals surface area contributed by atoms with Crippen LogP contribution in [0.5, 0.6) is 0 Å². The first kappa shape index (κ1) is 18.8. The fraction of sp³-hybridized carbons (Fsp3) is 0.250. The second-order valence-electron chi connectivity index (χ2n) is 6.46. The second-order valence-corrected chi connectivity index (χ2v) is 6.46. The number of esters is 1. The highest BCUT2D eigenvalue weighted by molar-refractivity contribution is 5.89. The summed E-state index contributed by atoms with van der Waals surface area (Å²) in [5.74, 6) is -0.450. The van der Waals surface area contributed by atoms with Gasteiger partial charge < -0.3 is 15.4 Å². The van der Waals surface area contributed by atoms with Gasteiger partial charge in [0.25, 0.3) is 0 Å². The van der Waals surface area contributed by atoms with Gasteiger partial charge in [0.1, 0.15) is 0 Å². The van der Waals surface area contributed by atoms with Crippen molar-refractivity contribution in [2.45, 2.75) is 25.6 Å². The molecule has 0 saturated carbocycles. The van der Waals surface area contributed by atoms with Gasteiger partial charge in [0, 0.05) is 12.1 Å². The SMILES string of the molecule is C=C1CC(c2cccc(C(=O)OC)c2)Nc2cc(C)c(C(F)(F)F)cc2N1. The summed E-state index contributed by atoms with van der Waals surface area (Å²) in [6.07, 6.45) is -3.98. The summed E-state index contributed by atoms with van der Waals surface area (Å²) < 4.78 is 44.3. The Bertz CT molecular complexity index is 907. The Kier molecular flexibility index (Phi) is 4.87. The van der Waals surface area contributed by atoms with E-state index in [4.69, 9.17) is 4.74 Å². The number of benzene rings is 2. The van der Waals surface area contributed by atoms with Gasteiger partial charge in [-0.25, -0.2) is 4.79 Å². The van der Waals surface area contributed by atoms with Crippen molar-refractivity contribution in [1.29, 1.82) is 0 Å². The third kappa shape index (κ3) is 3.92. The summed E-state index contributed by atoms with van der Waals surface area (Å²) in [6, 6.07) is 9.25. The molecular formula is C20H19F3N2O2. The van der Waals surface area contributed by atoms with E-state index < -0.39 is 17.7 Å². The number of ether oxygens (including phenoxy) is 1. The molecule has 0 saturated heterocycles. The predicted molar refractivity (Wildman–Crippen MR) is 97.7 cm³/mol. The van der Waals surface area contributed by atoms with Crippen LogP contribution in [0.2, 0.25) is 0 Å². The molecule has 0 amide bonds. The van der Waals surface area contributed by atoms with Gasteiger partial charge >= 0.3 is 12.1 Å². The van der Waals surface area contributed by atoms with E-state index in [1.54, 1.807) is 18.2 Å². The van der Waals surface area contributed by atoms with Crippen LogP contribution in [0.3, 0.4) is 0 Å². The first-order chi connectivity index (χ1) is 12.7. The molecule has 1 atom stereocenters. The number of hydrogen-bond acceptors (Lipinski definition) is 4. The highest BCUT2D eigenvalue weighted by Gasteiger charge is 2.34. The molecule has 142 valence electrons. The lowest BCUT2D eigenvalue weighted by Crippen LogP contribution is -2.12. The quantitative estimate of drug-likeness (QED) is 0.700. The van der Waals surface area contributed by atoms with Crippen molar-refractivity contribution in [3.05, 3.63) is 70.9 Å². The van der Waals surface area contributed by atoms with Crippen LogP contribution < -0.4 is 10.6 Å². The van der Waals surface area contributed by atoms with E-state index in [9.17, 15) is 18.0 Å². The smallest absolute Gasteiger partial charge is 0.416 e. The number of carbonyl (C=O) groups excluding carboxylic acids is 1. The van der Waals surface area contributed by atoms with E-state index in [0.717, 1.165) is 11.6 Å². The van der Waals surface area contributed by atoms with Crippen LogP contribution in [-0.4, -0.2) is 13.1 Å². The zero-order valence-electron chi connectivity index (χ0n) is 14.9. The maximum atomic E-state index is 13.2. The Hall–Kier alpha value is -2.96. The van der Waals surface area contributed by atoms with Gasteiger partial charge in [-0.2, -0.15) is 13.2 Å². The Morgan fingerprint density at radius 3 is 2.63 bits per heavy atom. The molecule has 4 nitrogen and oxygen atoms in total. The zero-order valence-corrected chi connectivity index (χ0v) is 14.9. The van der Waals surface area contributed by atoms with Gasteiger partial charge in [-0.05, 0) is 42.3 Å². The number of halogens is 3. The summed E-state index contributed by atoms with van der Waals surface area (Å²) in [5.41, 5.74) is 2.11. The number of alkyl halides is 3. The lowest BCUT2D eigenvalue weighted by Gasteiger charge is -2.20. The van der Waals surface area contributed by atoms with Crippen LogP contribution in [0, 0.1) is 6.92 Å². The fourth-order valence-electron chi connectivity index (χ4n) is 3.16. The van der Waals surface area contributed by atoms with Crippen LogP contribution in [0.15, 0.2) is 48.7 Å². The summed E-state index contributed by atoms with van der Waals surface area (Å²) in [5, 5.41) is 6.23. The molecule has 1 aliphatic rings. The molecule has 1 unspecified atom stereocenters. The number of methoxy groups -OCH3 is 1. The first-order valence-corrected chi connectivity index (χ1v) is 8.30. The van der Waals surface area contributed by atoms with Gasteiger partial charge in [0.15, 0.2) is 0 Å². The molecule has 27 heavy (non-hydrogen) atoms. The Balaban J connectivity index is 2.00. The lowest BCUT2D eigenvalue weighted by atomic mass is 10.00. The predicted octanol–water partition coefficient (Wildman–Crippen LogP) is 5.28. The Labute approximate surface area is 155 Å². The molecule has 3 rings (SSSR count). The van der Waals surface area contributed by atoms with Gasteiger partial charge in [-0.3, -0.25) is 0 Å². The van der Waals surface area contributed by atoms with E-state index in [0.29, 0.717) is 29.1 Å². The van der Waals surface area contributed by atoms with E-state index >= 15 is 0 Å². The number of nitrogens with one attached hydrogen (secondary N) is 2. The van der Waals surface area contributed by atoms with Crippen LogP contribution in [0.25, 0.3) is 0 Å². The van der Waals surface area contributed by atoms with Crippen LogP contribution in [0.4, 0.5) is 24.5 Å².